The van der Waals surface area contributed by atoms with Gasteiger partial charge in [-0.25, -0.2) is 0 Å². The van der Waals surface area contributed by atoms with Crippen LogP contribution in [0.25, 0.3) is 0 Å². The minimum atomic E-state index is -0.607. The number of aryl methyl sites for hydroxylation is 1. The van der Waals surface area contributed by atoms with E-state index >= 15 is 0 Å². The van der Waals surface area contributed by atoms with E-state index in [0.29, 0.717) is 25.1 Å². The molecule has 1 saturated heterocycles. The summed E-state index contributed by atoms with van der Waals surface area (Å²) >= 11 is 0. The molecule has 1 aliphatic carbocycles. The summed E-state index contributed by atoms with van der Waals surface area (Å²) in [6.45, 7) is 3.08. The zero-order valence-electron chi connectivity index (χ0n) is 19.4. The van der Waals surface area contributed by atoms with Gasteiger partial charge in [-0.3, -0.25) is 24.7 Å². The number of aromatic nitrogens is 1. The van der Waals surface area contributed by atoms with Gasteiger partial charge < -0.3 is 15.0 Å². The number of piperidine rings is 1. The number of fused-ring (bicyclic) bond motifs is 1. The van der Waals surface area contributed by atoms with Gasteiger partial charge in [0.2, 0.25) is 11.8 Å². The van der Waals surface area contributed by atoms with Crippen molar-refractivity contribution in [3.63, 3.8) is 0 Å². The summed E-state index contributed by atoms with van der Waals surface area (Å²) in [7, 11) is 0. The third-order valence-corrected chi connectivity index (χ3v) is 7.00. The summed E-state index contributed by atoms with van der Waals surface area (Å²) in [4.78, 5) is 42.7. The first kappa shape index (κ1) is 22.5. The van der Waals surface area contributed by atoms with Crippen molar-refractivity contribution in [1.29, 1.82) is 0 Å². The highest BCUT2D eigenvalue weighted by Crippen LogP contribution is 2.32. The quantitative estimate of drug-likeness (QED) is 0.640. The van der Waals surface area contributed by atoms with Gasteiger partial charge in [0.25, 0.3) is 5.91 Å². The van der Waals surface area contributed by atoms with Crippen molar-refractivity contribution in [3.05, 3.63) is 58.9 Å². The number of nitrogens with zero attached hydrogens (tertiary/aromatic N) is 2. The Balaban J connectivity index is 1.24. The van der Waals surface area contributed by atoms with E-state index in [0.717, 1.165) is 41.8 Å². The van der Waals surface area contributed by atoms with Crippen LogP contribution in [-0.2, 0) is 22.7 Å². The second-order valence-electron chi connectivity index (χ2n) is 9.47. The van der Waals surface area contributed by atoms with Gasteiger partial charge in [-0.1, -0.05) is 12.5 Å². The highest BCUT2D eigenvalue weighted by Gasteiger charge is 2.39. The fourth-order valence-corrected chi connectivity index (χ4v) is 5.11. The molecular weight excluding hydrogens is 432 g/mol. The normalized spacial score (nSPS) is 24.7. The number of rotatable bonds is 6. The third-order valence-electron chi connectivity index (χ3n) is 7.00. The molecule has 34 heavy (non-hydrogen) atoms. The van der Waals surface area contributed by atoms with Crippen LogP contribution in [0.2, 0.25) is 0 Å². The van der Waals surface area contributed by atoms with Gasteiger partial charge in [-0.2, -0.15) is 0 Å². The summed E-state index contributed by atoms with van der Waals surface area (Å²) < 4.78 is 6.42. The fourth-order valence-electron chi connectivity index (χ4n) is 5.11. The Morgan fingerprint density at radius 2 is 1.97 bits per heavy atom. The van der Waals surface area contributed by atoms with E-state index in [1.54, 1.807) is 11.0 Å². The molecule has 3 amide bonds. The Kier molecular flexibility index (Phi) is 6.32. The van der Waals surface area contributed by atoms with E-state index in [9.17, 15) is 14.4 Å². The molecule has 1 unspecified atom stereocenters. The molecule has 2 aliphatic heterocycles. The van der Waals surface area contributed by atoms with Crippen LogP contribution in [0.3, 0.4) is 0 Å². The van der Waals surface area contributed by atoms with Crippen LogP contribution in [0.5, 0.6) is 5.75 Å². The minimum absolute atomic E-state index is 0.0422. The van der Waals surface area contributed by atoms with Crippen LogP contribution in [0, 0.1) is 6.92 Å². The Morgan fingerprint density at radius 3 is 2.76 bits per heavy atom. The van der Waals surface area contributed by atoms with E-state index in [4.69, 9.17) is 4.74 Å². The Hall–Kier alpha value is -3.26. The molecule has 8 nitrogen and oxygen atoms in total. The molecule has 3 heterocycles. The van der Waals surface area contributed by atoms with Crippen molar-refractivity contribution in [3.8, 4) is 5.75 Å². The minimum Gasteiger partial charge on any atom is -0.489 e. The molecule has 1 saturated carbocycles. The molecule has 178 valence electrons. The van der Waals surface area contributed by atoms with E-state index < -0.39 is 11.9 Å². The Labute approximate surface area is 199 Å². The maximum absolute atomic E-state index is 12.9. The second-order valence-corrected chi connectivity index (χ2v) is 9.47. The zero-order valence-corrected chi connectivity index (χ0v) is 19.4. The SMILES string of the molecule is Cc1ccc(CN[C@H]2CCCC[C@@H]2Oc2ccc3c(c2)CN(C2CCC(=O)NC2=O)C3=O)nc1. The molecule has 8 heteroatoms. The van der Waals surface area contributed by atoms with E-state index in [1.165, 1.54) is 6.42 Å². The fraction of sp³-hybridized carbons (Fsp3) is 0.462. The molecule has 5 rings (SSSR count). The summed E-state index contributed by atoms with van der Waals surface area (Å²) in [6.07, 6.45) is 6.84. The lowest BCUT2D eigenvalue weighted by molar-refractivity contribution is -0.136. The molecule has 1 aromatic carbocycles. The topological polar surface area (TPSA) is 101 Å². The van der Waals surface area contributed by atoms with Crippen molar-refractivity contribution in [1.82, 2.24) is 20.5 Å². The van der Waals surface area contributed by atoms with Crippen molar-refractivity contribution >= 4 is 17.7 Å². The molecular formula is C26H30N4O4. The number of hydrogen-bond acceptors (Lipinski definition) is 6. The average Bonchev–Trinajstić information content (AvgIpc) is 3.15. The molecule has 0 bridgehead atoms. The first-order chi connectivity index (χ1) is 16.5. The predicted molar refractivity (Wildman–Crippen MR) is 125 cm³/mol. The van der Waals surface area contributed by atoms with Gasteiger partial charge in [-0.05, 0) is 68.0 Å². The van der Waals surface area contributed by atoms with Crippen LogP contribution in [0.15, 0.2) is 36.5 Å². The number of nitrogens with one attached hydrogen (secondary N) is 2. The second kappa shape index (κ2) is 9.54. The molecule has 0 radical (unpaired) electrons. The summed E-state index contributed by atoms with van der Waals surface area (Å²) in [6, 6.07) is 9.30. The highest BCUT2D eigenvalue weighted by molar-refractivity contribution is 6.05. The molecule has 3 atom stereocenters. The average molecular weight is 463 g/mol. The van der Waals surface area contributed by atoms with E-state index in [2.05, 4.69) is 21.7 Å². The van der Waals surface area contributed by atoms with E-state index in [-0.39, 0.29) is 30.4 Å². The lowest BCUT2D eigenvalue weighted by Gasteiger charge is -2.32. The van der Waals surface area contributed by atoms with Crippen molar-refractivity contribution in [2.45, 2.75) is 76.7 Å². The highest BCUT2D eigenvalue weighted by atomic mass is 16.5. The van der Waals surface area contributed by atoms with Gasteiger partial charge in [0.05, 0.1) is 5.69 Å². The maximum Gasteiger partial charge on any atom is 0.255 e. The van der Waals surface area contributed by atoms with Crippen LogP contribution in [0.1, 0.15) is 65.7 Å². The van der Waals surface area contributed by atoms with Crippen LogP contribution in [-0.4, -0.2) is 45.8 Å². The van der Waals surface area contributed by atoms with Gasteiger partial charge in [0.15, 0.2) is 0 Å². The zero-order chi connectivity index (χ0) is 23.7. The summed E-state index contributed by atoms with van der Waals surface area (Å²) in [5.41, 5.74) is 3.62. The van der Waals surface area contributed by atoms with Crippen molar-refractivity contribution in [2.24, 2.45) is 0 Å². The number of benzene rings is 1. The maximum atomic E-state index is 12.9. The number of carbonyl (C=O) groups excluding carboxylic acids is 3. The standard InChI is InChI=1S/C26H30N4O4/c1-16-6-7-18(27-13-16)14-28-21-4-2-3-5-23(21)34-19-8-9-20-17(12-19)15-30(26(20)33)22-10-11-24(31)29-25(22)32/h6-9,12-13,21-23,28H,2-5,10-11,14-15H2,1H3,(H,29,31,32)/t21-,22?,23-/m0/s1. The lowest BCUT2D eigenvalue weighted by Crippen LogP contribution is -2.52. The summed E-state index contributed by atoms with van der Waals surface area (Å²) in [5.74, 6) is -0.106. The Morgan fingerprint density at radius 1 is 1.12 bits per heavy atom. The predicted octanol–water partition coefficient (Wildman–Crippen LogP) is 2.63. The number of pyridine rings is 1. The number of imide groups is 1. The van der Waals surface area contributed by atoms with Crippen LogP contribution < -0.4 is 15.4 Å². The lowest BCUT2D eigenvalue weighted by atomic mass is 9.92. The number of hydrogen-bond donors (Lipinski definition) is 2. The Bertz CT molecular complexity index is 1100. The molecule has 2 fully saturated rings. The first-order valence-corrected chi connectivity index (χ1v) is 12.1. The number of amides is 3. The van der Waals surface area contributed by atoms with Crippen LogP contribution in [0.4, 0.5) is 0 Å². The van der Waals surface area contributed by atoms with E-state index in [1.807, 2.05) is 31.3 Å². The molecule has 2 aromatic rings. The van der Waals surface area contributed by atoms with Gasteiger partial charge in [0.1, 0.15) is 17.9 Å². The summed E-state index contributed by atoms with van der Waals surface area (Å²) in [5, 5.41) is 5.97. The number of ether oxygens (including phenoxy) is 1. The number of carbonyl (C=O) groups is 3. The van der Waals surface area contributed by atoms with Crippen molar-refractivity contribution < 1.29 is 19.1 Å². The molecule has 1 aromatic heterocycles. The van der Waals surface area contributed by atoms with Gasteiger partial charge in [-0.15, -0.1) is 0 Å². The smallest absolute Gasteiger partial charge is 0.255 e. The molecule has 3 aliphatic rings. The molecule has 0 spiro atoms. The molecule has 2 N–H and O–H groups in total. The van der Waals surface area contributed by atoms with Gasteiger partial charge >= 0.3 is 0 Å². The van der Waals surface area contributed by atoms with Gasteiger partial charge in [0, 0.05) is 37.3 Å². The third kappa shape index (κ3) is 4.68. The first-order valence-electron chi connectivity index (χ1n) is 12.1. The monoisotopic (exact) mass is 462 g/mol. The van der Waals surface area contributed by atoms with Crippen molar-refractivity contribution in [2.75, 3.05) is 0 Å². The van der Waals surface area contributed by atoms with Crippen LogP contribution >= 0.6 is 0 Å². The largest absolute Gasteiger partial charge is 0.489 e.